The predicted molar refractivity (Wildman–Crippen MR) is 106 cm³/mol. The first-order valence-corrected chi connectivity index (χ1v) is 8.94. The summed E-state index contributed by atoms with van der Waals surface area (Å²) in [5.74, 6) is 3.70. The van der Waals surface area contributed by atoms with Crippen LogP contribution in [0.1, 0.15) is 48.9 Å². The quantitative estimate of drug-likeness (QED) is 0.437. The highest BCUT2D eigenvalue weighted by molar-refractivity contribution is 7.77. The standard InChI is InChI=1S/C19H26N2O.CH2S/c1-21-18(14-20)13-16-7-5-6-15(12-16)10-11-19(22)17-8-3-2-4-9-17;1-2/h2-4,6,8-9,14,16,21H,5,7,10-13,20H2,1H3;1H2/b18-14-;. The molecular formula is C20H28N2OS. The molecule has 0 bridgehead atoms. The molecule has 0 aliphatic heterocycles. The third-order valence-electron chi connectivity index (χ3n) is 4.36. The second-order valence-corrected chi connectivity index (χ2v) is 5.95. The van der Waals surface area contributed by atoms with Crippen LogP contribution in [0.5, 0.6) is 0 Å². The molecule has 0 saturated carbocycles. The molecule has 0 heterocycles. The van der Waals surface area contributed by atoms with Crippen molar-refractivity contribution >= 4 is 23.9 Å². The third kappa shape index (κ3) is 6.67. The summed E-state index contributed by atoms with van der Waals surface area (Å²) in [6, 6.07) is 9.57. The van der Waals surface area contributed by atoms with E-state index in [1.807, 2.05) is 37.4 Å². The van der Waals surface area contributed by atoms with Crippen LogP contribution in [-0.4, -0.2) is 18.7 Å². The van der Waals surface area contributed by atoms with E-state index in [-0.39, 0.29) is 5.78 Å². The highest BCUT2D eigenvalue weighted by Gasteiger charge is 2.17. The van der Waals surface area contributed by atoms with Gasteiger partial charge in [-0.2, -0.15) is 0 Å². The van der Waals surface area contributed by atoms with Crippen LogP contribution >= 0.6 is 12.2 Å². The first-order chi connectivity index (χ1) is 11.7. The number of Topliss-reactive ketones (excluding diaryl/α,β-unsaturated/α-hetero) is 1. The van der Waals surface area contributed by atoms with Crippen LogP contribution in [0.2, 0.25) is 0 Å². The van der Waals surface area contributed by atoms with Crippen molar-refractivity contribution in [2.75, 3.05) is 7.05 Å². The highest BCUT2D eigenvalue weighted by Crippen LogP contribution is 2.30. The molecule has 1 aliphatic carbocycles. The molecule has 0 amide bonds. The fraction of sp³-hybridized carbons (Fsp3) is 0.400. The minimum absolute atomic E-state index is 0.237. The summed E-state index contributed by atoms with van der Waals surface area (Å²) in [6.45, 7) is 0. The lowest BCUT2D eigenvalue weighted by Gasteiger charge is -2.23. The maximum absolute atomic E-state index is 12.2. The van der Waals surface area contributed by atoms with Gasteiger partial charge in [0.15, 0.2) is 5.78 Å². The average molecular weight is 345 g/mol. The van der Waals surface area contributed by atoms with Crippen LogP contribution in [0, 0.1) is 5.92 Å². The van der Waals surface area contributed by atoms with E-state index in [0.29, 0.717) is 12.3 Å². The minimum atomic E-state index is 0.237. The summed E-state index contributed by atoms with van der Waals surface area (Å²) in [7, 11) is 1.91. The number of thiocarbonyl (C=S) groups is 1. The lowest BCUT2D eigenvalue weighted by Crippen LogP contribution is -2.15. The number of nitrogens with two attached hydrogens (primary N) is 1. The number of carbonyl (C=O) groups excluding carboxylic acids is 1. The van der Waals surface area contributed by atoms with Gasteiger partial charge in [-0.3, -0.25) is 4.79 Å². The van der Waals surface area contributed by atoms with Gasteiger partial charge in [0.2, 0.25) is 0 Å². The van der Waals surface area contributed by atoms with Gasteiger partial charge >= 0.3 is 0 Å². The number of nitrogens with one attached hydrogen (secondary N) is 1. The van der Waals surface area contributed by atoms with Gasteiger partial charge in [0.1, 0.15) is 0 Å². The molecule has 0 radical (unpaired) electrons. The Balaban J connectivity index is 0.00000139. The molecule has 0 fully saturated rings. The van der Waals surface area contributed by atoms with Gasteiger partial charge in [-0.25, -0.2) is 0 Å². The van der Waals surface area contributed by atoms with E-state index in [9.17, 15) is 4.79 Å². The number of carbonyl (C=O) groups is 1. The van der Waals surface area contributed by atoms with E-state index in [1.165, 1.54) is 12.0 Å². The van der Waals surface area contributed by atoms with Crippen molar-refractivity contribution in [1.82, 2.24) is 5.32 Å². The first-order valence-electron chi connectivity index (χ1n) is 8.36. The largest absolute Gasteiger partial charge is 0.403 e. The van der Waals surface area contributed by atoms with Crippen LogP contribution in [0.15, 0.2) is 53.9 Å². The molecular weight excluding hydrogens is 316 g/mol. The molecule has 1 aliphatic rings. The van der Waals surface area contributed by atoms with Crippen LogP contribution in [0.4, 0.5) is 0 Å². The van der Waals surface area contributed by atoms with Crippen molar-refractivity contribution in [1.29, 1.82) is 0 Å². The summed E-state index contributed by atoms with van der Waals surface area (Å²) in [5, 5.41) is 3.15. The normalized spacial score (nSPS) is 17.3. The number of ketones is 1. The zero-order valence-electron chi connectivity index (χ0n) is 14.5. The predicted octanol–water partition coefficient (Wildman–Crippen LogP) is 4.40. The van der Waals surface area contributed by atoms with Crippen molar-refractivity contribution in [2.24, 2.45) is 11.7 Å². The van der Waals surface area contributed by atoms with Crippen molar-refractivity contribution in [3.8, 4) is 0 Å². The molecule has 4 heteroatoms. The molecule has 1 unspecified atom stereocenters. The Bertz CT molecular complexity index is 566. The summed E-state index contributed by atoms with van der Waals surface area (Å²) >= 11 is 3.83. The third-order valence-corrected chi connectivity index (χ3v) is 4.36. The molecule has 24 heavy (non-hydrogen) atoms. The van der Waals surface area contributed by atoms with E-state index in [4.69, 9.17) is 5.73 Å². The Hall–Kier alpha value is -1.94. The number of hydrogen-bond acceptors (Lipinski definition) is 4. The van der Waals surface area contributed by atoms with Gasteiger partial charge < -0.3 is 11.1 Å². The second-order valence-electron chi connectivity index (χ2n) is 5.95. The maximum atomic E-state index is 12.2. The second kappa shape index (κ2) is 11.6. The molecule has 130 valence electrons. The Labute approximate surface area is 151 Å². The summed E-state index contributed by atoms with van der Waals surface area (Å²) < 4.78 is 0. The molecule has 0 saturated heterocycles. The van der Waals surface area contributed by atoms with Crippen molar-refractivity contribution < 1.29 is 4.79 Å². The van der Waals surface area contributed by atoms with E-state index >= 15 is 0 Å². The number of rotatable bonds is 7. The van der Waals surface area contributed by atoms with Gasteiger partial charge in [0.05, 0.1) is 0 Å². The van der Waals surface area contributed by atoms with Gasteiger partial charge in [-0.15, -0.1) is 0 Å². The Morgan fingerprint density at radius 3 is 2.71 bits per heavy atom. The zero-order chi connectivity index (χ0) is 17.8. The van der Waals surface area contributed by atoms with Crippen molar-refractivity contribution in [3.63, 3.8) is 0 Å². The number of hydrogen-bond donors (Lipinski definition) is 2. The summed E-state index contributed by atoms with van der Waals surface area (Å²) in [5.41, 5.74) is 8.96. The zero-order valence-corrected chi connectivity index (χ0v) is 15.3. The smallest absolute Gasteiger partial charge is 0.163 e. The van der Waals surface area contributed by atoms with Crippen molar-refractivity contribution in [3.05, 3.63) is 59.4 Å². The highest BCUT2D eigenvalue weighted by atomic mass is 32.1. The van der Waals surface area contributed by atoms with E-state index in [1.54, 1.807) is 6.20 Å². The first kappa shape index (κ1) is 20.1. The summed E-state index contributed by atoms with van der Waals surface area (Å²) in [6.07, 6.45) is 9.87. The van der Waals surface area contributed by atoms with Gasteiger partial charge in [-0.1, -0.05) is 54.2 Å². The van der Waals surface area contributed by atoms with Crippen LogP contribution in [0.3, 0.4) is 0 Å². The Kier molecular flexibility index (Phi) is 9.70. The Morgan fingerprint density at radius 1 is 1.38 bits per heavy atom. The fourth-order valence-electron chi connectivity index (χ4n) is 3.06. The van der Waals surface area contributed by atoms with Gasteiger partial charge in [-0.05, 0) is 43.9 Å². The van der Waals surface area contributed by atoms with Gasteiger partial charge in [0, 0.05) is 30.9 Å². The van der Waals surface area contributed by atoms with Crippen LogP contribution in [-0.2, 0) is 0 Å². The van der Waals surface area contributed by atoms with E-state index in [2.05, 4.69) is 29.5 Å². The molecule has 2 rings (SSSR count). The minimum Gasteiger partial charge on any atom is -0.403 e. The van der Waals surface area contributed by atoms with Crippen molar-refractivity contribution in [2.45, 2.75) is 38.5 Å². The SMILES string of the molecule is C=S.CN/C(=C\N)CC1CCC=C(CCC(=O)c2ccccc2)C1. The van der Waals surface area contributed by atoms with E-state index in [0.717, 1.165) is 36.9 Å². The monoisotopic (exact) mass is 344 g/mol. The molecule has 1 aromatic rings. The van der Waals surface area contributed by atoms with Gasteiger partial charge in [0.25, 0.3) is 0 Å². The molecule has 1 atom stereocenters. The lowest BCUT2D eigenvalue weighted by atomic mass is 9.83. The fourth-order valence-corrected chi connectivity index (χ4v) is 3.06. The Morgan fingerprint density at radius 2 is 2.08 bits per heavy atom. The molecule has 3 nitrogen and oxygen atoms in total. The number of benzene rings is 1. The summed E-state index contributed by atoms with van der Waals surface area (Å²) in [4.78, 5) is 12.2. The van der Waals surface area contributed by atoms with Crippen LogP contribution < -0.4 is 11.1 Å². The van der Waals surface area contributed by atoms with Crippen LogP contribution in [0.25, 0.3) is 0 Å². The lowest BCUT2D eigenvalue weighted by molar-refractivity contribution is 0.0982. The molecule has 0 spiro atoms. The maximum Gasteiger partial charge on any atom is 0.163 e. The molecule has 3 N–H and O–H groups in total. The average Bonchev–Trinajstić information content (AvgIpc) is 2.66. The molecule has 0 aromatic heterocycles. The topological polar surface area (TPSA) is 55.1 Å². The van der Waals surface area contributed by atoms with E-state index < -0.39 is 0 Å². The number of allylic oxidation sites excluding steroid dienone is 3. The molecule has 1 aromatic carbocycles.